The van der Waals surface area contributed by atoms with Gasteiger partial charge in [0.2, 0.25) is 5.91 Å². The average Bonchev–Trinajstić information content (AvgIpc) is 3.22. The van der Waals surface area contributed by atoms with Crippen molar-refractivity contribution in [2.45, 2.75) is 37.8 Å². The summed E-state index contributed by atoms with van der Waals surface area (Å²) in [5.74, 6) is 1.00. The molecule has 0 spiro atoms. The molecular weight excluding hydrogens is 349 g/mol. The van der Waals surface area contributed by atoms with Gasteiger partial charge in [-0.05, 0) is 38.6 Å². The van der Waals surface area contributed by atoms with Crippen LogP contribution < -0.4 is 10.6 Å². The SMILES string of the molecule is CNC(C(=O)NC1CCN(CC2CC2)CC1)c1cnn(C)c1.Cl.Cl. The smallest absolute Gasteiger partial charge is 0.242 e. The quantitative estimate of drug-likeness (QED) is 0.788. The van der Waals surface area contributed by atoms with E-state index >= 15 is 0 Å². The summed E-state index contributed by atoms with van der Waals surface area (Å²) in [5, 5.41) is 10.4. The predicted molar refractivity (Wildman–Crippen MR) is 99.8 cm³/mol. The highest BCUT2D eigenvalue weighted by atomic mass is 35.5. The minimum absolute atomic E-state index is 0. The van der Waals surface area contributed by atoms with Crippen LogP contribution in [-0.4, -0.2) is 53.3 Å². The molecule has 2 fully saturated rings. The van der Waals surface area contributed by atoms with Gasteiger partial charge in [0.25, 0.3) is 0 Å². The summed E-state index contributed by atoms with van der Waals surface area (Å²) in [7, 11) is 3.68. The number of nitrogens with one attached hydrogen (secondary N) is 2. The highest BCUT2D eigenvalue weighted by Crippen LogP contribution is 2.30. The Balaban J connectivity index is 0.00000144. The lowest BCUT2D eigenvalue weighted by Crippen LogP contribution is -2.47. The molecule has 1 saturated carbocycles. The van der Waals surface area contributed by atoms with Gasteiger partial charge in [-0.3, -0.25) is 9.48 Å². The van der Waals surface area contributed by atoms with Crippen molar-refractivity contribution in [2.75, 3.05) is 26.7 Å². The third kappa shape index (κ3) is 5.62. The van der Waals surface area contributed by atoms with Crippen LogP contribution in [0.5, 0.6) is 0 Å². The molecule has 1 aromatic heterocycles. The van der Waals surface area contributed by atoms with Gasteiger partial charge in [-0.25, -0.2) is 0 Å². The second-order valence-corrected chi connectivity index (χ2v) is 6.70. The Morgan fingerprint density at radius 1 is 1.29 bits per heavy atom. The number of amides is 1. The number of rotatable bonds is 6. The third-order valence-electron chi connectivity index (χ3n) is 4.76. The van der Waals surface area contributed by atoms with Crippen LogP contribution in [0, 0.1) is 5.92 Å². The molecular formula is C16H29Cl2N5O. The number of likely N-dealkylation sites (N-methyl/N-ethyl adjacent to an activating group) is 1. The normalized spacial score (nSPS) is 19.9. The number of hydrogen-bond acceptors (Lipinski definition) is 4. The van der Waals surface area contributed by atoms with E-state index in [2.05, 4.69) is 20.6 Å². The van der Waals surface area contributed by atoms with Gasteiger partial charge in [0, 0.05) is 44.5 Å². The molecule has 24 heavy (non-hydrogen) atoms. The Labute approximate surface area is 156 Å². The molecule has 1 aliphatic carbocycles. The molecule has 1 aliphatic heterocycles. The highest BCUT2D eigenvalue weighted by Gasteiger charge is 2.28. The Kier molecular flexibility index (Phi) is 8.50. The minimum atomic E-state index is -0.321. The van der Waals surface area contributed by atoms with Crippen molar-refractivity contribution in [3.05, 3.63) is 18.0 Å². The minimum Gasteiger partial charge on any atom is -0.352 e. The Hall–Kier alpha value is -0.820. The summed E-state index contributed by atoms with van der Waals surface area (Å²) in [6, 6.07) is -0.0198. The number of halogens is 2. The van der Waals surface area contributed by atoms with Crippen molar-refractivity contribution < 1.29 is 4.79 Å². The van der Waals surface area contributed by atoms with E-state index in [4.69, 9.17) is 0 Å². The van der Waals surface area contributed by atoms with Crippen molar-refractivity contribution in [1.29, 1.82) is 0 Å². The first-order chi connectivity index (χ1) is 10.7. The maximum atomic E-state index is 12.5. The van der Waals surface area contributed by atoms with E-state index in [-0.39, 0.29) is 36.8 Å². The molecule has 0 bridgehead atoms. The number of carbonyl (C=O) groups is 1. The van der Waals surface area contributed by atoms with Gasteiger partial charge in [-0.15, -0.1) is 24.8 Å². The molecule has 0 aromatic carbocycles. The fourth-order valence-electron chi connectivity index (χ4n) is 3.25. The molecule has 1 atom stereocenters. The molecule has 138 valence electrons. The maximum Gasteiger partial charge on any atom is 0.242 e. The fourth-order valence-corrected chi connectivity index (χ4v) is 3.25. The first-order valence-corrected chi connectivity index (χ1v) is 8.34. The number of nitrogens with zero attached hydrogens (tertiary/aromatic N) is 3. The zero-order valence-corrected chi connectivity index (χ0v) is 16.0. The van der Waals surface area contributed by atoms with Crippen molar-refractivity contribution in [1.82, 2.24) is 25.3 Å². The Bertz CT molecular complexity index is 512. The predicted octanol–water partition coefficient (Wildman–Crippen LogP) is 1.51. The van der Waals surface area contributed by atoms with Crippen LogP contribution in [0.4, 0.5) is 0 Å². The zero-order valence-electron chi connectivity index (χ0n) is 14.4. The van der Waals surface area contributed by atoms with E-state index < -0.39 is 0 Å². The van der Waals surface area contributed by atoms with Crippen LogP contribution in [0.15, 0.2) is 12.4 Å². The molecule has 1 saturated heterocycles. The highest BCUT2D eigenvalue weighted by molar-refractivity contribution is 5.85. The average molecular weight is 378 g/mol. The van der Waals surface area contributed by atoms with Gasteiger partial charge in [0.05, 0.1) is 6.20 Å². The Morgan fingerprint density at radius 3 is 2.46 bits per heavy atom. The van der Waals surface area contributed by atoms with Crippen LogP contribution in [-0.2, 0) is 11.8 Å². The molecule has 2 N–H and O–H groups in total. The molecule has 0 radical (unpaired) electrons. The van der Waals surface area contributed by atoms with Crippen LogP contribution in [0.3, 0.4) is 0 Å². The van der Waals surface area contributed by atoms with Gasteiger partial charge in [0.1, 0.15) is 6.04 Å². The summed E-state index contributed by atoms with van der Waals surface area (Å²) in [5.41, 5.74) is 0.911. The molecule has 2 aliphatic rings. The van der Waals surface area contributed by atoms with E-state index in [1.165, 1.54) is 19.4 Å². The first-order valence-electron chi connectivity index (χ1n) is 8.34. The van der Waals surface area contributed by atoms with E-state index in [9.17, 15) is 4.79 Å². The van der Waals surface area contributed by atoms with Gasteiger partial charge < -0.3 is 15.5 Å². The molecule has 3 rings (SSSR count). The molecule has 2 heterocycles. The van der Waals surface area contributed by atoms with E-state index in [1.807, 2.05) is 20.3 Å². The number of hydrogen-bond donors (Lipinski definition) is 2. The maximum absolute atomic E-state index is 12.5. The van der Waals surface area contributed by atoms with Gasteiger partial charge in [0.15, 0.2) is 0 Å². The number of aryl methyl sites for hydroxylation is 1. The molecule has 1 unspecified atom stereocenters. The zero-order chi connectivity index (χ0) is 15.5. The third-order valence-corrected chi connectivity index (χ3v) is 4.76. The summed E-state index contributed by atoms with van der Waals surface area (Å²) < 4.78 is 1.73. The summed E-state index contributed by atoms with van der Waals surface area (Å²) >= 11 is 0. The number of aromatic nitrogens is 2. The number of carbonyl (C=O) groups excluding carboxylic acids is 1. The van der Waals surface area contributed by atoms with Gasteiger partial charge >= 0.3 is 0 Å². The van der Waals surface area contributed by atoms with Crippen LogP contribution in [0.25, 0.3) is 0 Å². The van der Waals surface area contributed by atoms with E-state index in [1.54, 1.807) is 10.9 Å². The first kappa shape index (κ1) is 21.2. The van der Waals surface area contributed by atoms with E-state index in [0.29, 0.717) is 6.04 Å². The number of piperidine rings is 1. The second kappa shape index (κ2) is 9.61. The summed E-state index contributed by atoms with van der Waals surface area (Å²) in [4.78, 5) is 15.0. The summed E-state index contributed by atoms with van der Waals surface area (Å²) in [6.07, 6.45) is 8.57. The second-order valence-electron chi connectivity index (χ2n) is 6.70. The largest absolute Gasteiger partial charge is 0.352 e. The standard InChI is InChI=1S/C16H27N5O.2ClH/c1-17-15(13-9-18-20(2)11-13)16(22)19-14-5-7-21(8-6-14)10-12-3-4-12;;/h9,11-12,14-15,17H,3-8,10H2,1-2H3,(H,19,22);2*1H. The van der Waals surface area contributed by atoms with Gasteiger partial charge in [-0.2, -0.15) is 5.10 Å². The topological polar surface area (TPSA) is 62.2 Å². The van der Waals surface area contributed by atoms with E-state index in [0.717, 1.165) is 37.4 Å². The van der Waals surface area contributed by atoms with Crippen molar-refractivity contribution in [2.24, 2.45) is 13.0 Å². The molecule has 1 amide bonds. The van der Waals surface area contributed by atoms with Gasteiger partial charge in [-0.1, -0.05) is 0 Å². The van der Waals surface area contributed by atoms with Crippen LogP contribution in [0.1, 0.15) is 37.3 Å². The molecule has 6 nitrogen and oxygen atoms in total. The molecule has 1 aromatic rings. The number of likely N-dealkylation sites (tertiary alicyclic amines) is 1. The lowest BCUT2D eigenvalue weighted by atomic mass is 10.0. The summed E-state index contributed by atoms with van der Waals surface area (Å²) in [6.45, 7) is 3.48. The fraction of sp³-hybridized carbons (Fsp3) is 0.750. The van der Waals surface area contributed by atoms with Crippen LogP contribution in [0.2, 0.25) is 0 Å². The van der Waals surface area contributed by atoms with Crippen molar-refractivity contribution in [3.8, 4) is 0 Å². The molecule has 8 heteroatoms. The van der Waals surface area contributed by atoms with Crippen LogP contribution >= 0.6 is 24.8 Å². The lowest BCUT2D eigenvalue weighted by molar-refractivity contribution is -0.124. The lowest BCUT2D eigenvalue weighted by Gasteiger charge is -2.33. The Morgan fingerprint density at radius 2 is 1.96 bits per heavy atom. The monoisotopic (exact) mass is 377 g/mol. The van der Waals surface area contributed by atoms with Crippen molar-refractivity contribution in [3.63, 3.8) is 0 Å². The van der Waals surface area contributed by atoms with Crippen molar-refractivity contribution >= 4 is 30.7 Å².